The number of nitrogen functional groups attached to an aromatic ring is 1. The van der Waals surface area contributed by atoms with Crippen molar-refractivity contribution in [2.24, 2.45) is 0 Å². The second kappa shape index (κ2) is 29.3. The fourth-order valence-electron chi connectivity index (χ4n) is 8.97. The molecule has 10 aromatic rings. The molecule has 4 aromatic heterocycles. The summed E-state index contributed by atoms with van der Waals surface area (Å²) in [6.45, 7) is 17.3. The Bertz CT molecular complexity index is 4090. The molecule has 0 atom stereocenters. The first kappa shape index (κ1) is 64.6. The number of methoxy groups -OCH3 is 2. The molecule has 10 rings (SSSR count). The van der Waals surface area contributed by atoms with Crippen LogP contribution < -0.4 is 36.5 Å². The Labute approximate surface area is 517 Å². The number of ketones is 1. The summed E-state index contributed by atoms with van der Waals surface area (Å²) in [6, 6.07) is 48.7. The lowest BCUT2D eigenvalue weighted by Gasteiger charge is -2.14. The van der Waals surface area contributed by atoms with E-state index in [1.54, 1.807) is 53.1 Å². The number of carboxylic acids is 1. The third-order valence-corrected chi connectivity index (χ3v) is 13.7. The number of nitrogens with two attached hydrogens (primary N) is 1. The minimum Gasteiger partial charge on any atom is -0.481 e. The topological polar surface area (TPSA) is 261 Å². The number of anilines is 5. The molecule has 0 saturated carbocycles. The standard InChI is InChI=1S/C35H37N5O4.C30H30N6O2.C4H8O3/c1-23-10-12-25(13-11-23)40-33(22-32(39-40)35(2,3)4)38-34(42)37-30-14-15-31(29-9-7-6-8-28(29)30)44-27-16-18-36-24(21-27)20-26(41)17-19-43-5;1-19-9-11-20(12-10-19)36-28(18-26(35-36)30(2,3)4)34-29(37)33-24-13-14-25(23-8-6-5-7-22(23)24)38-21-15-16-32-27(31)17-21;1-7-3-2-4(5)6/h6-16,18,21-22H,17,19-20H2,1-5H3,(H2,37,38,42);5-18H,1-4H3,(H2,31,32)(H2,33,34,37);2-3H2,1H3,(H,5,6). The highest BCUT2D eigenvalue weighted by Gasteiger charge is 2.24. The number of benzene rings is 6. The van der Waals surface area contributed by atoms with E-state index in [1.165, 1.54) is 7.11 Å². The Hall–Kier alpha value is -10.4. The summed E-state index contributed by atoms with van der Waals surface area (Å²) in [4.78, 5) is 56.8. The van der Waals surface area contributed by atoms with Gasteiger partial charge in [0.15, 0.2) is 0 Å². The Balaban J connectivity index is 0.000000209. The van der Waals surface area contributed by atoms with Crippen molar-refractivity contribution in [3.05, 3.63) is 198 Å². The van der Waals surface area contributed by atoms with E-state index in [0.717, 1.165) is 55.4 Å². The van der Waals surface area contributed by atoms with Gasteiger partial charge in [-0.1, -0.05) is 125 Å². The molecule has 0 fully saturated rings. The number of amides is 4. The van der Waals surface area contributed by atoms with Crippen LogP contribution in [0.15, 0.2) is 170 Å². The lowest BCUT2D eigenvalue weighted by atomic mass is 9.92. The number of ether oxygens (including phenoxy) is 4. The molecular weight excluding hydrogens is 1130 g/mol. The summed E-state index contributed by atoms with van der Waals surface area (Å²) in [6.07, 6.45) is 3.86. The Morgan fingerprint density at radius 3 is 1.36 bits per heavy atom. The molecule has 0 unspecified atom stereocenters. The Kier molecular flexibility index (Phi) is 21.3. The van der Waals surface area contributed by atoms with Gasteiger partial charge in [0, 0.05) is 96.1 Å². The van der Waals surface area contributed by atoms with Crippen LogP contribution in [0, 0.1) is 13.8 Å². The first-order chi connectivity index (χ1) is 42.5. The van der Waals surface area contributed by atoms with Crippen LogP contribution in [0.2, 0.25) is 0 Å². The number of nitrogens with one attached hydrogen (secondary N) is 4. The minimum absolute atomic E-state index is 0.0483. The number of hydrogen-bond acceptors (Lipinski definition) is 13. The monoisotopic (exact) mass is 1200 g/mol. The second-order valence-electron chi connectivity index (χ2n) is 23.0. The molecule has 6 aromatic carbocycles. The van der Waals surface area contributed by atoms with Crippen molar-refractivity contribution in [2.75, 3.05) is 54.4 Å². The van der Waals surface area contributed by atoms with E-state index in [0.29, 0.717) is 77.2 Å². The summed E-state index contributed by atoms with van der Waals surface area (Å²) in [7, 11) is 3.05. The van der Waals surface area contributed by atoms with Crippen molar-refractivity contribution in [1.82, 2.24) is 29.5 Å². The first-order valence-corrected chi connectivity index (χ1v) is 28.8. The number of urea groups is 2. The van der Waals surface area contributed by atoms with Gasteiger partial charge in [-0.05, 0) is 74.5 Å². The third kappa shape index (κ3) is 17.8. The maximum atomic E-state index is 13.4. The van der Waals surface area contributed by atoms with Crippen molar-refractivity contribution in [1.29, 1.82) is 0 Å². The predicted octanol–water partition coefficient (Wildman–Crippen LogP) is 14.8. The van der Waals surface area contributed by atoms with E-state index in [-0.39, 0.29) is 35.5 Å². The van der Waals surface area contributed by atoms with Crippen molar-refractivity contribution in [2.45, 2.75) is 85.5 Å². The quantitative estimate of drug-likeness (QED) is 0.0467. The van der Waals surface area contributed by atoms with Gasteiger partial charge in [0.2, 0.25) is 0 Å². The highest BCUT2D eigenvalue weighted by Crippen LogP contribution is 2.37. The van der Waals surface area contributed by atoms with E-state index in [1.807, 2.05) is 147 Å². The summed E-state index contributed by atoms with van der Waals surface area (Å²) < 4.78 is 25.3. The minimum atomic E-state index is -0.818. The lowest BCUT2D eigenvalue weighted by molar-refractivity contribution is -0.138. The van der Waals surface area contributed by atoms with Crippen LogP contribution in [0.5, 0.6) is 23.0 Å². The summed E-state index contributed by atoms with van der Waals surface area (Å²) in [5.74, 6) is 3.16. The second-order valence-corrected chi connectivity index (χ2v) is 23.0. The molecule has 20 nitrogen and oxygen atoms in total. The number of hydrogen-bond donors (Lipinski definition) is 6. The zero-order valence-electron chi connectivity index (χ0n) is 51.7. The number of fused-ring (bicyclic) bond motifs is 2. The molecule has 0 spiro atoms. The number of Topliss-reactive ketones (excluding diaryl/α,β-unsaturated/α-hetero) is 1. The maximum absolute atomic E-state index is 13.4. The van der Waals surface area contributed by atoms with Crippen molar-refractivity contribution in [3.63, 3.8) is 0 Å². The number of aliphatic carboxylic acids is 1. The number of aryl methyl sites for hydroxylation is 2. The van der Waals surface area contributed by atoms with Crippen LogP contribution in [-0.2, 0) is 36.3 Å². The molecule has 4 amide bonds. The largest absolute Gasteiger partial charge is 0.481 e. The van der Waals surface area contributed by atoms with Crippen LogP contribution >= 0.6 is 0 Å². The van der Waals surface area contributed by atoms with Gasteiger partial charge in [-0.15, -0.1) is 0 Å². The van der Waals surface area contributed by atoms with E-state index >= 15 is 0 Å². The summed E-state index contributed by atoms with van der Waals surface area (Å²) in [5.41, 5.74) is 13.0. The maximum Gasteiger partial charge on any atom is 0.324 e. The number of carbonyl (C=O) groups is 4. The SMILES string of the molecule is COCCC(=O)Cc1cc(Oc2ccc(NC(=O)Nc3cc(C(C)(C)C)nn3-c3ccc(C)cc3)c3ccccc23)ccn1.COCCC(=O)O.Cc1ccc(-n2nc(C(C)(C)C)cc2NC(=O)Nc2ccc(Oc3ccnc(N)c3)c3ccccc23)cc1. The fourth-order valence-corrected chi connectivity index (χ4v) is 8.97. The number of pyridine rings is 2. The van der Waals surface area contributed by atoms with Crippen molar-refractivity contribution >= 4 is 74.2 Å². The van der Waals surface area contributed by atoms with Crippen LogP contribution in [0.4, 0.5) is 38.4 Å². The number of aromatic nitrogens is 6. The van der Waals surface area contributed by atoms with Gasteiger partial charge in [0.1, 0.15) is 46.2 Å². The molecule has 0 aliphatic heterocycles. The van der Waals surface area contributed by atoms with E-state index in [4.69, 9.17) is 35.2 Å². The van der Waals surface area contributed by atoms with Gasteiger partial charge in [-0.3, -0.25) is 25.2 Å². The molecule has 20 heteroatoms. The van der Waals surface area contributed by atoms with Crippen LogP contribution in [0.25, 0.3) is 32.9 Å². The van der Waals surface area contributed by atoms with E-state index in [9.17, 15) is 19.2 Å². The van der Waals surface area contributed by atoms with Gasteiger partial charge in [0.25, 0.3) is 0 Å². The highest BCUT2D eigenvalue weighted by molar-refractivity contribution is 6.08. The van der Waals surface area contributed by atoms with Gasteiger partial charge < -0.3 is 40.4 Å². The average Bonchev–Trinajstić information content (AvgIpc) is 2.53. The molecule has 7 N–H and O–H groups in total. The van der Waals surface area contributed by atoms with Gasteiger partial charge in [-0.2, -0.15) is 10.2 Å². The van der Waals surface area contributed by atoms with Crippen LogP contribution in [0.3, 0.4) is 0 Å². The predicted molar refractivity (Wildman–Crippen MR) is 350 cm³/mol. The normalized spacial score (nSPS) is 11.2. The molecule has 460 valence electrons. The molecule has 0 radical (unpaired) electrons. The van der Waals surface area contributed by atoms with E-state index < -0.39 is 12.0 Å². The van der Waals surface area contributed by atoms with Crippen molar-refractivity contribution < 1.29 is 43.2 Å². The molecule has 0 bridgehead atoms. The summed E-state index contributed by atoms with van der Waals surface area (Å²) in [5, 5.41) is 32.9. The average molecular weight is 1200 g/mol. The number of carbonyl (C=O) groups excluding carboxylic acids is 3. The number of carboxylic acid groups (broad SMARTS) is 1. The Morgan fingerprint density at radius 1 is 0.517 bits per heavy atom. The van der Waals surface area contributed by atoms with E-state index in [2.05, 4.69) is 77.5 Å². The Morgan fingerprint density at radius 2 is 0.944 bits per heavy atom. The third-order valence-electron chi connectivity index (χ3n) is 13.7. The molecular formula is C69H75N11O9. The van der Waals surface area contributed by atoms with Crippen LogP contribution in [0.1, 0.15) is 82.6 Å². The zero-order chi connectivity index (χ0) is 63.8. The number of nitrogens with zero attached hydrogens (tertiary/aromatic N) is 6. The van der Waals surface area contributed by atoms with Gasteiger partial charge >= 0.3 is 18.0 Å². The summed E-state index contributed by atoms with van der Waals surface area (Å²) >= 11 is 0. The molecule has 0 aliphatic rings. The smallest absolute Gasteiger partial charge is 0.324 e. The van der Waals surface area contributed by atoms with Gasteiger partial charge in [-0.25, -0.2) is 23.9 Å². The number of rotatable bonds is 18. The molecule has 4 heterocycles. The van der Waals surface area contributed by atoms with Crippen molar-refractivity contribution in [3.8, 4) is 34.4 Å². The van der Waals surface area contributed by atoms with Crippen LogP contribution in [-0.4, -0.2) is 85.9 Å². The van der Waals surface area contributed by atoms with Gasteiger partial charge in [0.05, 0.1) is 59.5 Å². The molecule has 89 heavy (non-hydrogen) atoms. The zero-order valence-corrected chi connectivity index (χ0v) is 51.7. The molecule has 0 aliphatic carbocycles. The first-order valence-electron chi connectivity index (χ1n) is 28.8. The lowest BCUT2D eigenvalue weighted by Crippen LogP contribution is -2.21. The fraction of sp³-hybridized carbons (Fsp3) is 0.246. The highest BCUT2D eigenvalue weighted by atomic mass is 16.5. The molecule has 0 saturated heterocycles.